The highest BCUT2D eigenvalue weighted by atomic mass is 79.9. The van der Waals surface area contributed by atoms with E-state index in [0.29, 0.717) is 12.5 Å². The Morgan fingerprint density at radius 1 is 1.00 bits per heavy atom. The van der Waals surface area contributed by atoms with Crippen LogP contribution in [0.3, 0.4) is 0 Å². The van der Waals surface area contributed by atoms with E-state index in [2.05, 4.69) is 58.5 Å². The Balaban J connectivity index is 1.57. The van der Waals surface area contributed by atoms with Crippen LogP contribution in [0, 0.1) is 0 Å². The molecule has 3 heteroatoms. The summed E-state index contributed by atoms with van der Waals surface area (Å²) in [6.07, 6.45) is 1.14. The first kappa shape index (κ1) is 16.1. The van der Waals surface area contributed by atoms with Crippen LogP contribution in [0.15, 0.2) is 59.1 Å². The second-order valence-electron chi connectivity index (χ2n) is 5.15. The maximum absolute atomic E-state index is 5.67. The van der Waals surface area contributed by atoms with Crippen molar-refractivity contribution in [2.45, 2.75) is 19.3 Å². The van der Waals surface area contributed by atoms with Gasteiger partial charge in [0.1, 0.15) is 12.4 Å². The highest BCUT2D eigenvalue weighted by Crippen LogP contribution is 2.17. The normalized spacial score (nSPS) is 12.1. The van der Waals surface area contributed by atoms with Crippen molar-refractivity contribution in [2.24, 2.45) is 0 Å². The monoisotopic (exact) mass is 347 g/mol. The molecule has 2 aromatic carbocycles. The summed E-state index contributed by atoms with van der Waals surface area (Å²) in [5.41, 5.74) is 1.41. The van der Waals surface area contributed by atoms with Crippen molar-refractivity contribution in [3.63, 3.8) is 0 Å². The van der Waals surface area contributed by atoms with E-state index < -0.39 is 0 Å². The molecule has 0 aliphatic carbocycles. The molecule has 21 heavy (non-hydrogen) atoms. The standard InChI is InChI=1S/C18H22BrNO/c1-15(16-5-3-2-4-6-16)11-12-20-13-14-21-18-9-7-17(19)8-10-18/h2-10,15,20H,11-14H2,1H3. The SMILES string of the molecule is CC(CCNCCOc1ccc(Br)cc1)c1ccccc1. The van der Waals surface area contributed by atoms with Gasteiger partial charge >= 0.3 is 0 Å². The zero-order chi connectivity index (χ0) is 14.9. The molecule has 1 unspecified atom stereocenters. The summed E-state index contributed by atoms with van der Waals surface area (Å²) in [5, 5.41) is 3.43. The van der Waals surface area contributed by atoms with Gasteiger partial charge in [0.2, 0.25) is 0 Å². The van der Waals surface area contributed by atoms with Gasteiger partial charge in [-0.25, -0.2) is 0 Å². The Kier molecular flexibility index (Phi) is 6.77. The summed E-state index contributed by atoms with van der Waals surface area (Å²) in [6, 6.07) is 18.6. The van der Waals surface area contributed by atoms with Gasteiger partial charge in [0.15, 0.2) is 0 Å². The highest BCUT2D eigenvalue weighted by molar-refractivity contribution is 9.10. The number of rotatable bonds is 8. The predicted molar refractivity (Wildman–Crippen MR) is 92.0 cm³/mol. The van der Waals surface area contributed by atoms with Gasteiger partial charge in [-0.3, -0.25) is 0 Å². The first-order chi connectivity index (χ1) is 10.3. The fourth-order valence-electron chi connectivity index (χ4n) is 2.16. The molecule has 0 heterocycles. The second-order valence-corrected chi connectivity index (χ2v) is 6.07. The maximum atomic E-state index is 5.67. The first-order valence-corrected chi connectivity index (χ1v) is 8.19. The van der Waals surface area contributed by atoms with Crippen LogP contribution in [-0.2, 0) is 0 Å². The zero-order valence-corrected chi connectivity index (χ0v) is 14.0. The molecule has 2 aromatic rings. The highest BCUT2D eigenvalue weighted by Gasteiger charge is 2.03. The van der Waals surface area contributed by atoms with Crippen molar-refractivity contribution >= 4 is 15.9 Å². The molecule has 0 saturated heterocycles. The Bertz CT molecular complexity index is 513. The molecule has 2 rings (SSSR count). The van der Waals surface area contributed by atoms with Gasteiger partial charge in [-0.05, 0) is 48.7 Å². The maximum Gasteiger partial charge on any atom is 0.119 e. The minimum atomic E-state index is 0.589. The van der Waals surface area contributed by atoms with Gasteiger partial charge < -0.3 is 10.1 Å². The van der Waals surface area contributed by atoms with Crippen molar-refractivity contribution in [3.05, 3.63) is 64.6 Å². The molecule has 0 aliphatic rings. The third-order valence-electron chi connectivity index (χ3n) is 3.48. The molecule has 0 aromatic heterocycles. The summed E-state index contributed by atoms with van der Waals surface area (Å²) in [6.45, 7) is 4.86. The molecule has 0 radical (unpaired) electrons. The molecule has 0 aliphatic heterocycles. The fourth-order valence-corrected chi connectivity index (χ4v) is 2.43. The van der Waals surface area contributed by atoms with E-state index in [9.17, 15) is 0 Å². The number of hydrogen-bond acceptors (Lipinski definition) is 2. The van der Waals surface area contributed by atoms with Crippen LogP contribution >= 0.6 is 15.9 Å². The van der Waals surface area contributed by atoms with Crippen LogP contribution in [0.5, 0.6) is 5.75 Å². The molecule has 0 spiro atoms. The van der Waals surface area contributed by atoms with Crippen LogP contribution in [0.4, 0.5) is 0 Å². The number of nitrogens with one attached hydrogen (secondary N) is 1. The summed E-state index contributed by atoms with van der Waals surface area (Å²) in [5.74, 6) is 1.50. The van der Waals surface area contributed by atoms with Crippen LogP contribution in [-0.4, -0.2) is 19.7 Å². The summed E-state index contributed by atoms with van der Waals surface area (Å²) < 4.78 is 6.74. The van der Waals surface area contributed by atoms with Crippen LogP contribution in [0.1, 0.15) is 24.8 Å². The minimum Gasteiger partial charge on any atom is -0.492 e. The van der Waals surface area contributed by atoms with Crippen molar-refractivity contribution in [1.82, 2.24) is 5.32 Å². The third-order valence-corrected chi connectivity index (χ3v) is 4.01. The van der Waals surface area contributed by atoms with E-state index in [4.69, 9.17) is 4.74 Å². The molecule has 1 N–H and O–H groups in total. The zero-order valence-electron chi connectivity index (χ0n) is 12.4. The van der Waals surface area contributed by atoms with Crippen molar-refractivity contribution < 1.29 is 4.74 Å². The first-order valence-electron chi connectivity index (χ1n) is 7.40. The van der Waals surface area contributed by atoms with Gasteiger partial charge in [0.05, 0.1) is 0 Å². The predicted octanol–water partition coefficient (Wildman–Crippen LogP) is 4.61. The van der Waals surface area contributed by atoms with Gasteiger partial charge in [-0.2, -0.15) is 0 Å². The number of ether oxygens (including phenoxy) is 1. The molecule has 1 atom stereocenters. The molecule has 0 saturated carbocycles. The van der Waals surface area contributed by atoms with E-state index in [0.717, 1.165) is 29.7 Å². The fraction of sp³-hybridized carbons (Fsp3) is 0.333. The third kappa shape index (κ3) is 5.90. The van der Waals surface area contributed by atoms with E-state index in [-0.39, 0.29) is 0 Å². The van der Waals surface area contributed by atoms with Gasteiger partial charge in [0, 0.05) is 11.0 Å². The average Bonchev–Trinajstić information content (AvgIpc) is 2.53. The number of benzene rings is 2. The quantitative estimate of drug-likeness (QED) is 0.704. The van der Waals surface area contributed by atoms with Gasteiger partial charge in [-0.15, -0.1) is 0 Å². The molecule has 0 fully saturated rings. The van der Waals surface area contributed by atoms with Crippen LogP contribution < -0.4 is 10.1 Å². The summed E-state index contributed by atoms with van der Waals surface area (Å²) in [7, 11) is 0. The molecule has 112 valence electrons. The minimum absolute atomic E-state index is 0.589. The second kappa shape index (κ2) is 8.85. The Morgan fingerprint density at radius 3 is 2.43 bits per heavy atom. The van der Waals surface area contributed by atoms with Crippen molar-refractivity contribution in [2.75, 3.05) is 19.7 Å². The summed E-state index contributed by atoms with van der Waals surface area (Å²) >= 11 is 3.41. The lowest BCUT2D eigenvalue weighted by molar-refractivity contribution is 0.313. The van der Waals surface area contributed by atoms with Crippen LogP contribution in [0.25, 0.3) is 0 Å². The van der Waals surface area contributed by atoms with E-state index in [1.807, 2.05) is 24.3 Å². The van der Waals surface area contributed by atoms with Crippen molar-refractivity contribution in [3.8, 4) is 5.75 Å². The lowest BCUT2D eigenvalue weighted by Gasteiger charge is -2.12. The topological polar surface area (TPSA) is 21.3 Å². The molecular formula is C18H22BrNO. The molecule has 2 nitrogen and oxygen atoms in total. The average molecular weight is 348 g/mol. The molecule has 0 amide bonds. The molecule has 0 bridgehead atoms. The lowest BCUT2D eigenvalue weighted by atomic mass is 9.98. The number of hydrogen-bond donors (Lipinski definition) is 1. The van der Waals surface area contributed by atoms with E-state index in [1.165, 1.54) is 5.56 Å². The van der Waals surface area contributed by atoms with Crippen LogP contribution in [0.2, 0.25) is 0 Å². The van der Waals surface area contributed by atoms with Gasteiger partial charge in [0.25, 0.3) is 0 Å². The lowest BCUT2D eigenvalue weighted by Crippen LogP contribution is -2.23. The van der Waals surface area contributed by atoms with Gasteiger partial charge in [-0.1, -0.05) is 53.2 Å². The summed E-state index contributed by atoms with van der Waals surface area (Å²) in [4.78, 5) is 0. The Morgan fingerprint density at radius 2 is 1.71 bits per heavy atom. The van der Waals surface area contributed by atoms with E-state index >= 15 is 0 Å². The van der Waals surface area contributed by atoms with E-state index in [1.54, 1.807) is 0 Å². The Hall–Kier alpha value is -1.32. The van der Waals surface area contributed by atoms with Crippen molar-refractivity contribution in [1.29, 1.82) is 0 Å². The molecular weight excluding hydrogens is 326 g/mol. The number of halogens is 1. The Labute approximate surface area is 135 Å². The largest absolute Gasteiger partial charge is 0.492 e. The smallest absolute Gasteiger partial charge is 0.119 e.